The normalized spacial score (nSPS) is 10.7. The molecule has 0 aliphatic heterocycles. The van der Waals surface area contributed by atoms with Gasteiger partial charge in [-0.3, -0.25) is 0 Å². The van der Waals surface area contributed by atoms with Crippen LogP contribution in [0.3, 0.4) is 0 Å². The summed E-state index contributed by atoms with van der Waals surface area (Å²) in [5.41, 5.74) is 10.9. The van der Waals surface area contributed by atoms with Crippen molar-refractivity contribution >= 4 is 5.95 Å². The molecule has 1 heterocycles. The van der Waals surface area contributed by atoms with E-state index in [-0.39, 0.29) is 6.04 Å². The van der Waals surface area contributed by atoms with Crippen molar-refractivity contribution in [3.8, 4) is 0 Å². The monoisotopic (exact) mass is 171 g/mol. The molecule has 0 bridgehead atoms. The van der Waals surface area contributed by atoms with Crippen LogP contribution in [0, 0.1) is 0 Å². The fraction of sp³-hybridized carbons (Fsp3) is 0.800. The molecule has 0 aliphatic carbocycles. The van der Waals surface area contributed by atoms with E-state index in [1.807, 2.05) is 0 Å². The third-order valence-corrected chi connectivity index (χ3v) is 1.52. The first-order valence-corrected chi connectivity index (χ1v) is 3.67. The van der Waals surface area contributed by atoms with Gasteiger partial charge in [0.15, 0.2) is 0 Å². The third kappa shape index (κ3) is 1.89. The zero-order chi connectivity index (χ0) is 8.97. The Labute approximate surface area is 70.1 Å². The number of hydrogen-bond donors (Lipinski definition) is 3. The van der Waals surface area contributed by atoms with Crippen molar-refractivity contribution in [2.24, 2.45) is 18.5 Å². The Kier molecular flexibility index (Phi) is 2.94. The molecule has 5 N–H and O–H groups in total. The highest BCUT2D eigenvalue weighted by Crippen LogP contribution is 1.97. The molecule has 12 heavy (non-hydrogen) atoms. The second-order valence-electron chi connectivity index (χ2n) is 2.44. The second-order valence-corrected chi connectivity index (χ2v) is 2.44. The molecule has 1 aromatic heterocycles. The number of nitrogens with two attached hydrogens (primary N) is 2. The predicted octanol–water partition coefficient (Wildman–Crippen LogP) is -2.09. The van der Waals surface area contributed by atoms with E-state index < -0.39 is 0 Å². The van der Waals surface area contributed by atoms with Crippen molar-refractivity contribution in [1.82, 2.24) is 20.2 Å². The van der Waals surface area contributed by atoms with E-state index in [1.54, 1.807) is 7.05 Å². The molecule has 0 aliphatic rings. The molecular weight excluding hydrogens is 158 g/mol. The van der Waals surface area contributed by atoms with Gasteiger partial charge >= 0.3 is 0 Å². The topological polar surface area (TPSA) is 108 Å². The molecule has 0 spiro atoms. The lowest BCUT2D eigenvalue weighted by atomic mass is 10.3. The summed E-state index contributed by atoms with van der Waals surface area (Å²) in [5, 5.41) is 13.8. The fourth-order valence-electron chi connectivity index (χ4n) is 0.748. The van der Waals surface area contributed by atoms with E-state index in [2.05, 4.69) is 20.8 Å². The van der Waals surface area contributed by atoms with E-state index in [4.69, 9.17) is 11.5 Å². The van der Waals surface area contributed by atoms with Gasteiger partial charge < -0.3 is 16.8 Å². The second kappa shape index (κ2) is 3.98. The van der Waals surface area contributed by atoms with Crippen LogP contribution in [0.2, 0.25) is 0 Å². The lowest BCUT2D eigenvalue weighted by Crippen LogP contribution is -2.36. The van der Waals surface area contributed by atoms with Gasteiger partial charge in [-0.05, 0) is 10.4 Å². The Morgan fingerprint density at radius 2 is 2.17 bits per heavy atom. The minimum Gasteiger partial charge on any atom is -0.348 e. The number of aromatic nitrogens is 4. The van der Waals surface area contributed by atoms with Crippen LogP contribution in [0.5, 0.6) is 0 Å². The van der Waals surface area contributed by atoms with E-state index in [1.165, 1.54) is 4.68 Å². The quantitative estimate of drug-likeness (QED) is 0.479. The van der Waals surface area contributed by atoms with Gasteiger partial charge in [0.25, 0.3) is 0 Å². The van der Waals surface area contributed by atoms with Crippen molar-refractivity contribution < 1.29 is 0 Å². The maximum absolute atomic E-state index is 5.43. The number of aryl methyl sites for hydroxylation is 1. The van der Waals surface area contributed by atoms with Crippen molar-refractivity contribution in [2.75, 3.05) is 18.4 Å². The van der Waals surface area contributed by atoms with E-state index in [0.29, 0.717) is 19.0 Å². The summed E-state index contributed by atoms with van der Waals surface area (Å²) >= 11 is 0. The number of nitrogens with one attached hydrogen (secondary N) is 1. The molecule has 0 atom stereocenters. The van der Waals surface area contributed by atoms with Gasteiger partial charge in [-0.25, -0.2) is 4.68 Å². The molecule has 0 amide bonds. The van der Waals surface area contributed by atoms with Crippen LogP contribution in [0.25, 0.3) is 0 Å². The molecule has 7 heteroatoms. The molecular formula is C5H13N7. The van der Waals surface area contributed by atoms with Gasteiger partial charge in [-0.2, -0.15) is 0 Å². The van der Waals surface area contributed by atoms with Crippen LogP contribution in [-0.2, 0) is 7.05 Å². The Hall–Kier alpha value is -1.21. The Morgan fingerprint density at radius 1 is 1.50 bits per heavy atom. The van der Waals surface area contributed by atoms with Crippen LogP contribution < -0.4 is 16.8 Å². The highest BCUT2D eigenvalue weighted by atomic mass is 15.6. The number of rotatable bonds is 4. The van der Waals surface area contributed by atoms with Crippen LogP contribution >= 0.6 is 0 Å². The molecule has 1 rings (SSSR count). The lowest BCUT2D eigenvalue weighted by molar-refractivity contribution is 0.686. The smallest absolute Gasteiger partial charge is 0.242 e. The zero-order valence-corrected chi connectivity index (χ0v) is 6.94. The molecule has 0 aromatic carbocycles. The molecule has 7 nitrogen and oxygen atoms in total. The number of nitrogens with zero attached hydrogens (tertiary/aromatic N) is 4. The van der Waals surface area contributed by atoms with Crippen molar-refractivity contribution in [2.45, 2.75) is 6.04 Å². The predicted molar refractivity (Wildman–Crippen MR) is 44.3 cm³/mol. The molecule has 0 unspecified atom stereocenters. The molecule has 68 valence electrons. The minimum absolute atomic E-state index is 0.0229. The van der Waals surface area contributed by atoms with E-state index in [9.17, 15) is 0 Å². The number of tetrazole rings is 1. The van der Waals surface area contributed by atoms with E-state index >= 15 is 0 Å². The lowest BCUT2D eigenvalue weighted by Gasteiger charge is -2.13. The SMILES string of the molecule is Cn1nnnc1NC(CN)CN. The maximum Gasteiger partial charge on any atom is 0.242 e. The summed E-state index contributed by atoms with van der Waals surface area (Å²) < 4.78 is 1.53. The average molecular weight is 171 g/mol. The van der Waals surface area contributed by atoms with Gasteiger partial charge in [0.05, 0.1) is 6.04 Å². The van der Waals surface area contributed by atoms with Gasteiger partial charge in [0.2, 0.25) is 5.95 Å². The van der Waals surface area contributed by atoms with Gasteiger partial charge in [0.1, 0.15) is 0 Å². The van der Waals surface area contributed by atoms with Crippen LogP contribution in [0.15, 0.2) is 0 Å². The minimum atomic E-state index is 0.0229. The summed E-state index contributed by atoms with van der Waals surface area (Å²) in [6.45, 7) is 0.923. The Balaban J connectivity index is 2.56. The number of hydrogen-bond acceptors (Lipinski definition) is 6. The van der Waals surface area contributed by atoms with Gasteiger partial charge in [-0.15, -0.1) is 0 Å². The third-order valence-electron chi connectivity index (χ3n) is 1.52. The first-order valence-electron chi connectivity index (χ1n) is 3.67. The fourth-order valence-corrected chi connectivity index (χ4v) is 0.748. The Morgan fingerprint density at radius 3 is 2.58 bits per heavy atom. The van der Waals surface area contributed by atoms with Crippen molar-refractivity contribution in [3.63, 3.8) is 0 Å². The van der Waals surface area contributed by atoms with Crippen LogP contribution in [-0.4, -0.2) is 39.3 Å². The standard InChI is InChI=1S/C5H13N7/c1-12-5(9-10-11-12)8-4(2-6)3-7/h4H,2-3,6-7H2,1H3,(H,8,9,11). The summed E-state index contributed by atoms with van der Waals surface area (Å²) in [7, 11) is 1.74. The largest absolute Gasteiger partial charge is 0.348 e. The van der Waals surface area contributed by atoms with Gasteiger partial charge in [-0.1, -0.05) is 5.10 Å². The zero-order valence-electron chi connectivity index (χ0n) is 6.94. The van der Waals surface area contributed by atoms with Crippen molar-refractivity contribution in [1.29, 1.82) is 0 Å². The summed E-state index contributed by atoms with van der Waals surface area (Å²) in [6, 6.07) is 0.0229. The molecule has 0 saturated heterocycles. The maximum atomic E-state index is 5.43. The summed E-state index contributed by atoms with van der Waals surface area (Å²) in [4.78, 5) is 0. The first-order chi connectivity index (χ1) is 5.77. The molecule has 0 radical (unpaired) electrons. The molecule has 0 fully saturated rings. The average Bonchev–Trinajstić information content (AvgIpc) is 2.47. The van der Waals surface area contributed by atoms with Crippen LogP contribution in [0.1, 0.15) is 0 Å². The Bertz CT molecular complexity index is 227. The highest BCUT2D eigenvalue weighted by molar-refractivity contribution is 5.23. The van der Waals surface area contributed by atoms with Crippen LogP contribution in [0.4, 0.5) is 5.95 Å². The number of anilines is 1. The summed E-state index contributed by atoms with van der Waals surface area (Å²) in [6.07, 6.45) is 0. The molecule has 0 saturated carbocycles. The molecule has 1 aromatic rings. The first kappa shape index (κ1) is 8.88. The summed E-state index contributed by atoms with van der Waals surface area (Å²) in [5.74, 6) is 0.580. The van der Waals surface area contributed by atoms with Gasteiger partial charge in [0, 0.05) is 20.1 Å². The van der Waals surface area contributed by atoms with E-state index in [0.717, 1.165) is 0 Å². The van der Waals surface area contributed by atoms with Crippen molar-refractivity contribution in [3.05, 3.63) is 0 Å². The highest BCUT2D eigenvalue weighted by Gasteiger charge is 2.07.